The zero-order valence-electron chi connectivity index (χ0n) is 6.16. The maximum absolute atomic E-state index is 10.4. The molecule has 3 nitrogen and oxygen atoms in total. The number of aliphatic carboxylic acids is 1. The van der Waals surface area contributed by atoms with Gasteiger partial charge in [-0.3, -0.25) is 4.79 Å². The number of rotatable bonds is 3. The summed E-state index contributed by atoms with van der Waals surface area (Å²) in [5.41, 5.74) is 5.38. The van der Waals surface area contributed by atoms with Crippen molar-refractivity contribution in [3.05, 3.63) is 19.9 Å². The topological polar surface area (TPSA) is 63.3 Å². The molecule has 1 rings (SSSR count). The second-order valence-corrected chi connectivity index (χ2v) is 4.50. The number of carbonyl (C=O) groups is 1. The van der Waals surface area contributed by atoms with Gasteiger partial charge >= 0.3 is 5.97 Å². The maximum Gasteiger partial charge on any atom is 0.320 e. The van der Waals surface area contributed by atoms with Gasteiger partial charge in [-0.1, -0.05) is 0 Å². The van der Waals surface area contributed by atoms with Gasteiger partial charge in [0, 0.05) is 14.9 Å². The molecule has 0 amide bonds. The van der Waals surface area contributed by atoms with Gasteiger partial charge in [-0.25, -0.2) is 0 Å². The average Bonchev–Trinajstić information content (AvgIpc) is 2.36. The fraction of sp³-hybridized carbons (Fsp3) is 0.286. The van der Waals surface area contributed by atoms with Crippen LogP contribution in [0.5, 0.6) is 0 Å². The highest BCUT2D eigenvalue weighted by atomic mass is 127. The zero-order chi connectivity index (χ0) is 9.14. The fourth-order valence-corrected chi connectivity index (χ4v) is 2.61. The van der Waals surface area contributed by atoms with Crippen LogP contribution in [0.25, 0.3) is 0 Å². The van der Waals surface area contributed by atoms with Crippen LogP contribution in [0, 0.1) is 3.57 Å². The number of carboxylic acid groups (broad SMARTS) is 1. The van der Waals surface area contributed by atoms with Crippen LogP contribution in [-0.4, -0.2) is 17.1 Å². The van der Waals surface area contributed by atoms with Crippen LogP contribution in [0.4, 0.5) is 0 Å². The Morgan fingerprint density at radius 1 is 1.83 bits per heavy atom. The van der Waals surface area contributed by atoms with E-state index in [1.165, 1.54) is 0 Å². The molecule has 1 atom stereocenters. The minimum Gasteiger partial charge on any atom is -0.480 e. The third-order valence-corrected chi connectivity index (χ3v) is 3.73. The van der Waals surface area contributed by atoms with E-state index in [1.54, 1.807) is 11.3 Å². The largest absolute Gasteiger partial charge is 0.480 e. The Morgan fingerprint density at radius 2 is 2.50 bits per heavy atom. The quantitative estimate of drug-likeness (QED) is 0.827. The molecule has 0 saturated heterocycles. The molecular formula is C7H8INO2S. The molecule has 0 fully saturated rings. The number of halogens is 1. The van der Waals surface area contributed by atoms with Crippen molar-refractivity contribution in [2.45, 2.75) is 12.5 Å². The van der Waals surface area contributed by atoms with Crippen molar-refractivity contribution in [2.24, 2.45) is 5.73 Å². The molecule has 0 aromatic carbocycles. The number of hydrogen-bond acceptors (Lipinski definition) is 3. The second kappa shape index (κ2) is 4.20. The first kappa shape index (κ1) is 9.94. The molecule has 1 aromatic rings. The summed E-state index contributed by atoms with van der Waals surface area (Å²) in [4.78, 5) is 11.5. The van der Waals surface area contributed by atoms with Gasteiger partial charge < -0.3 is 10.8 Å². The standard InChI is InChI=1S/C7H8INO2S/c8-4-1-2-12-6(4)3-5(9)7(10)11/h1-2,5H,3,9H2,(H,10,11)/t5-/m1/s1. The van der Waals surface area contributed by atoms with Gasteiger partial charge in [-0.15, -0.1) is 11.3 Å². The molecule has 0 aliphatic heterocycles. The van der Waals surface area contributed by atoms with Crippen molar-refractivity contribution >= 4 is 39.9 Å². The van der Waals surface area contributed by atoms with Gasteiger partial charge in [0.1, 0.15) is 6.04 Å². The Labute approximate surface area is 87.7 Å². The van der Waals surface area contributed by atoms with E-state index in [0.717, 1.165) is 8.45 Å². The molecular weight excluding hydrogens is 289 g/mol. The second-order valence-electron chi connectivity index (χ2n) is 2.34. The average molecular weight is 297 g/mol. The van der Waals surface area contributed by atoms with Crippen LogP contribution < -0.4 is 5.73 Å². The summed E-state index contributed by atoms with van der Waals surface area (Å²) in [6, 6.07) is 1.17. The summed E-state index contributed by atoms with van der Waals surface area (Å²) in [5, 5.41) is 10.5. The number of nitrogens with two attached hydrogens (primary N) is 1. The van der Waals surface area contributed by atoms with Gasteiger partial charge in [0.2, 0.25) is 0 Å². The Bertz CT molecular complexity index is 287. The summed E-state index contributed by atoms with van der Waals surface area (Å²) >= 11 is 3.72. The van der Waals surface area contributed by atoms with Crippen molar-refractivity contribution in [1.82, 2.24) is 0 Å². The van der Waals surface area contributed by atoms with Crippen molar-refractivity contribution in [3.63, 3.8) is 0 Å². The smallest absolute Gasteiger partial charge is 0.320 e. The molecule has 5 heteroatoms. The Hall–Kier alpha value is -0.140. The molecule has 0 bridgehead atoms. The van der Waals surface area contributed by atoms with Crippen LogP contribution in [0.1, 0.15) is 4.88 Å². The van der Waals surface area contributed by atoms with Gasteiger partial charge in [-0.05, 0) is 34.0 Å². The molecule has 1 heterocycles. The molecule has 0 aliphatic carbocycles. The van der Waals surface area contributed by atoms with E-state index in [9.17, 15) is 4.79 Å². The van der Waals surface area contributed by atoms with E-state index in [-0.39, 0.29) is 0 Å². The first-order valence-electron chi connectivity index (χ1n) is 3.31. The molecule has 0 spiro atoms. The van der Waals surface area contributed by atoms with Crippen molar-refractivity contribution in [3.8, 4) is 0 Å². The molecule has 0 unspecified atom stereocenters. The van der Waals surface area contributed by atoms with E-state index >= 15 is 0 Å². The Morgan fingerprint density at radius 3 is 2.92 bits per heavy atom. The summed E-state index contributed by atoms with van der Waals surface area (Å²) in [7, 11) is 0. The first-order valence-corrected chi connectivity index (χ1v) is 5.27. The van der Waals surface area contributed by atoms with Gasteiger partial charge in [0.05, 0.1) is 0 Å². The lowest BCUT2D eigenvalue weighted by Crippen LogP contribution is -2.32. The summed E-state index contributed by atoms with van der Waals surface area (Å²) in [5.74, 6) is -0.945. The highest BCUT2D eigenvalue weighted by molar-refractivity contribution is 14.1. The lowest BCUT2D eigenvalue weighted by atomic mass is 10.2. The van der Waals surface area contributed by atoms with Crippen LogP contribution in [0.15, 0.2) is 11.4 Å². The summed E-state index contributed by atoms with van der Waals surface area (Å²) in [6.45, 7) is 0. The Kier molecular flexibility index (Phi) is 3.48. The molecule has 1 aromatic heterocycles. The van der Waals surface area contributed by atoms with Crippen LogP contribution >= 0.6 is 33.9 Å². The highest BCUT2D eigenvalue weighted by Gasteiger charge is 2.14. The van der Waals surface area contributed by atoms with E-state index in [4.69, 9.17) is 10.8 Å². The van der Waals surface area contributed by atoms with Crippen molar-refractivity contribution < 1.29 is 9.90 Å². The predicted molar refractivity (Wildman–Crippen MR) is 56.4 cm³/mol. The molecule has 0 radical (unpaired) electrons. The lowest BCUT2D eigenvalue weighted by molar-refractivity contribution is -0.138. The monoisotopic (exact) mass is 297 g/mol. The van der Waals surface area contributed by atoms with Crippen molar-refractivity contribution in [2.75, 3.05) is 0 Å². The number of hydrogen-bond donors (Lipinski definition) is 2. The van der Waals surface area contributed by atoms with E-state index in [1.807, 2.05) is 11.4 Å². The third kappa shape index (κ3) is 2.43. The van der Waals surface area contributed by atoms with Crippen LogP contribution in [0.3, 0.4) is 0 Å². The van der Waals surface area contributed by atoms with Crippen LogP contribution in [-0.2, 0) is 11.2 Å². The maximum atomic E-state index is 10.4. The minimum atomic E-state index is -0.945. The van der Waals surface area contributed by atoms with Crippen molar-refractivity contribution in [1.29, 1.82) is 0 Å². The molecule has 12 heavy (non-hydrogen) atoms. The zero-order valence-corrected chi connectivity index (χ0v) is 9.13. The van der Waals surface area contributed by atoms with Gasteiger partial charge in [-0.2, -0.15) is 0 Å². The lowest BCUT2D eigenvalue weighted by Gasteiger charge is -2.03. The molecule has 3 N–H and O–H groups in total. The summed E-state index contributed by atoms with van der Waals surface area (Å²) in [6.07, 6.45) is 0.422. The van der Waals surface area contributed by atoms with Gasteiger partial charge in [0.25, 0.3) is 0 Å². The number of thiophene rings is 1. The highest BCUT2D eigenvalue weighted by Crippen LogP contribution is 2.19. The first-order chi connectivity index (χ1) is 5.61. The predicted octanol–water partition coefficient (Wildman–Crippen LogP) is 1.31. The van der Waals surface area contributed by atoms with Gasteiger partial charge in [0.15, 0.2) is 0 Å². The molecule has 0 saturated carbocycles. The minimum absolute atomic E-state index is 0.422. The normalized spacial score (nSPS) is 12.8. The van der Waals surface area contributed by atoms with E-state index in [0.29, 0.717) is 6.42 Å². The number of carboxylic acids is 1. The van der Waals surface area contributed by atoms with Crippen LogP contribution in [0.2, 0.25) is 0 Å². The van der Waals surface area contributed by atoms with E-state index < -0.39 is 12.0 Å². The molecule has 66 valence electrons. The summed E-state index contributed by atoms with van der Waals surface area (Å²) < 4.78 is 1.09. The Balaban J connectivity index is 2.64. The van der Waals surface area contributed by atoms with E-state index in [2.05, 4.69) is 22.6 Å². The third-order valence-electron chi connectivity index (χ3n) is 1.41. The molecule has 0 aliphatic rings. The fourth-order valence-electron chi connectivity index (χ4n) is 0.758. The SMILES string of the molecule is N[C@H](Cc1sccc1I)C(=O)O.